The summed E-state index contributed by atoms with van der Waals surface area (Å²) in [6, 6.07) is 4.08. The van der Waals surface area contributed by atoms with Crippen molar-refractivity contribution in [3.05, 3.63) is 47.2 Å². The number of cyclic esters (lactones) is 1. The van der Waals surface area contributed by atoms with Crippen LogP contribution in [0.25, 0.3) is 0 Å². The lowest BCUT2D eigenvalue weighted by Crippen LogP contribution is -2.57. The molecule has 4 rings (SSSR count). The minimum absolute atomic E-state index is 0.00290. The number of benzene rings is 1. The maximum atomic E-state index is 13.8. The van der Waals surface area contributed by atoms with E-state index < -0.39 is 47.7 Å². The van der Waals surface area contributed by atoms with Gasteiger partial charge in [0.05, 0.1) is 26.5 Å². The topological polar surface area (TPSA) is 124 Å². The molecule has 11 nitrogen and oxygen atoms in total. The summed E-state index contributed by atoms with van der Waals surface area (Å²) in [6.45, 7) is 6.85. The molecule has 0 radical (unpaired) electrons. The molecule has 3 heterocycles. The van der Waals surface area contributed by atoms with Crippen LogP contribution in [0.3, 0.4) is 0 Å². The van der Waals surface area contributed by atoms with Crippen LogP contribution >= 0.6 is 0 Å². The summed E-state index contributed by atoms with van der Waals surface area (Å²) in [7, 11) is 1.25. The third-order valence-electron chi connectivity index (χ3n) is 7.35. The first kappa shape index (κ1) is 29.2. The highest BCUT2D eigenvalue weighted by atomic mass is 16.6. The van der Waals surface area contributed by atoms with Crippen molar-refractivity contribution in [3.8, 4) is 0 Å². The molecule has 0 aromatic heterocycles. The van der Waals surface area contributed by atoms with Gasteiger partial charge in [0.2, 0.25) is 5.91 Å². The lowest BCUT2D eigenvalue weighted by atomic mass is 9.85. The lowest BCUT2D eigenvalue weighted by molar-refractivity contribution is -0.152. The Morgan fingerprint density at radius 1 is 1.10 bits per heavy atom. The van der Waals surface area contributed by atoms with E-state index in [0.717, 1.165) is 29.5 Å². The van der Waals surface area contributed by atoms with E-state index in [0.29, 0.717) is 26.1 Å². The normalized spacial score (nSPS) is 24.7. The Hall–Kier alpha value is -3.76. The van der Waals surface area contributed by atoms with Crippen LogP contribution in [0.1, 0.15) is 63.1 Å². The molecule has 1 saturated heterocycles. The zero-order valence-corrected chi connectivity index (χ0v) is 23.6. The molecule has 1 aromatic rings. The minimum Gasteiger partial charge on any atom is -0.497 e. The molecule has 11 heteroatoms. The number of nitrogens with zero attached hydrogens (tertiary/aromatic N) is 2. The number of carbonyl (C=O) groups is 4. The first-order valence-electron chi connectivity index (χ1n) is 13.7. The molecule has 0 spiro atoms. The minimum atomic E-state index is -0.981. The third-order valence-corrected chi connectivity index (χ3v) is 7.35. The molecule has 218 valence electrons. The summed E-state index contributed by atoms with van der Waals surface area (Å²) in [4.78, 5) is 55.1. The molecule has 0 saturated carbocycles. The zero-order chi connectivity index (χ0) is 28.9. The summed E-state index contributed by atoms with van der Waals surface area (Å²) in [5.74, 6) is -1.08. The van der Waals surface area contributed by atoms with Gasteiger partial charge in [-0.15, -0.1) is 0 Å². The highest BCUT2D eigenvalue weighted by Crippen LogP contribution is 2.30. The lowest BCUT2D eigenvalue weighted by Gasteiger charge is -2.34. The monoisotopic (exact) mass is 557 g/mol. The average Bonchev–Trinajstić information content (AvgIpc) is 3.53. The maximum Gasteiger partial charge on any atom is 0.410 e. The summed E-state index contributed by atoms with van der Waals surface area (Å²) in [6.07, 6.45) is 3.96. The fourth-order valence-electron chi connectivity index (χ4n) is 5.15. The maximum absolute atomic E-state index is 13.8. The van der Waals surface area contributed by atoms with Gasteiger partial charge < -0.3 is 29.2 Å². The fourth-order valence-corrected chi connectivity index (χ4v) is 5.15. The Labute approximate surface area is 234 Å². The number of rotatable bonds is 1. The second-order valence-electron chi connectivity index (χ2n) is 11.5. The number of allylic oxidation sites excluding steroid dienone is 1. The van der Waals surface area contributed by atoms with Crippen LogP contribution in [0.4, 0.5) is 9.59 Å². The highest BCUT2D eigenvalue weighted by Gasteiger charge is 2.47. The third kappa shape index (κ3) is 7.05. The Kier molecular flexibility index (Phi) is 9.21. The van der Waals surface area contributed by atoms with E-state index in [-0.39, 0.29) is 19.6 Å². The van der Waals surface area contributed by atoms with Crippen molar-refractivity contribution in [2.75, 3.05) is 20.3 Å². The van der Waals surface area contributed by atoms with E-state index in [1.807, 2.05) is 45.0 Å². The Morgan fingerprint density at radius 2 is 1.88 bits per heavy atom. The van der Waals surface area contributed by atoms with E-state index in [4.69, 9.17) is 18.9 Å². The van der Waals surface area contributed by atoms with Crippen molar-refractivity contribution < 1.29 is 38.1 Å². The molecule has 40 heavy (non-hydrogen) atoms. The van der Waals surface area contributed by atoms with Gasteiger partial charge in [-0.25, -0.2) is 14.4 Å². The van der Waals surface area contributed by atoms with E-state index in [2.05, 4.69) is 5.32 Å². The van der Waals surface area contributed by atoms with Crippen LogP contribution in [-0.4, -0.2) is 72.3 Å². The Morgan fingerprint density at radius 3 is 2.62 bits per heavy atom. The van der Waals surface area contributed by atoms with Crippen molar-refractivity contribution in [1.29, 1.82) is 0 Å². The number of carbonyl (C=O) groups excluding carboxylic acids is 4. The number of methoxy groups -OCH3 is 1. The number of amides is 3. The molecule has 3 amide bonds. The van der Waals surface area contributed by atoms with Crippen molar-refractivity contribution >= 4 is 24.1 Å². The summed E-state index contributed by atoms with van der Waals surface area (Å²) < 4.78 is 21.7. The van der Waals surface area contributed by atoms with Crippen LogP contribution < -0.4 is 5.32 Å². The van der Waals surface area contributed by atoms with Crippen molar-refractivity contribution in [1.82, 2.24) is 15.1 Å². The molecule has 5 bridgehead atoms. The number of hydrogen-bond donors (Lipinski definition) is 1. The standard InChI is InChI=1S/C29H39N3O8/c1-29(2,3)24-25(33)32-17-22(14-23(32)26(34)37-4)40-28(36)31-15-20-10-9-19(13-21(20)16-31)18-38-11-7-5-6-8-12-39-27(35)30-24/h7,9-11,13,22-24H,5-6,8,12,14-18H2,1-4H3,(H,30,35)/t22-,23?,24-/m1/s1. The molecule has 1 unspecified atom stereocenters. The molecular formula is C29H39N3O8. The number of hydrogen-bond acceptors (Lipinski definition) is 8. The largest absolute Gasteiger partial charge is 0.497 e. The number of nitrogens with one attached hydrogen (secondary N) is 1. The smallest absolute Gasteiger partial charge is 0.410 e. The van der Waals surface area contributed by atoms with Gasteiger partial charge in [0.15, 0.2) is 0 Å². The summed E-state index contributed by atoms with van der Waals surface area (Å²) in [5.41, 5.74) is 2.37. The first-order valence-corrected chi connectivity index (χ1v) is 13.7. The van der Waals surface area contributed by atoms with Gasteiger partial charge in [-0.05, 0) is 47.4 Å². The van der Waals surface area contributed by atoms with Gasteiger partial charge in [0, 0.05) is 19.5 Å². The molecule has 3 aliphatic heterocycles. The number of fused-ring (bicyclic) bond motifs is 4. The second kappa shape index (κ2) is 12.6. The van der Waals surface area contributed by atoms with E-state index in [1.165, 1.54) is 12.0 Å². The van der Waals surface area contributed by atoms with E-state index in [9.17, 15) is 19.2 Å². The van der Waals surface area contributed by atoms with Crippen LogP contribution in [-0.2, 0) is 48.2 Å². The van der Waals surface area contributed by atoms with Crippen LogP contribution in [0.2, 0.25) is 0 Å². The van der Waals surface area contributed by atoms with Gasteiger partial charge in [0.1, 0.15) is 24.8 Å². The Balaban J connectivity index is 1.55. The quantitative estimate of drug-likeness (QED) is 0.410. The Bertz CT molecular complexity index is 1140. The average molecular weight is 558 g/mol. The van der Waals surface area contributed by atoms with Gasteiger partial charge in [-0.1, -0.05) is 39.0 Å². The van der Waals surface area contributed by atoms with Gasteiger partial charge in [-0.3, -0.25) is 9.69 Å². The molecule has 3 aliphatic rings. The van der Waals surface area contributed by atoms with Crippen molar-refractivity contribution in [3.63, 3.8) is 0 Å². The summed E-state index contributed by atoms with van der Waals surface area (Å²) >= 11 is 0. The number of ether oxygens (including phenoxy) is 4. The predicted molar refractivity (Wildman–Crippen MR) is 144 cm³/mol. The van der Waals surface area contributed by atoms with Gasteiger partial charge >= 0.3 is 18.2 Å². The van der Waals surface area contributed by atoms with Gasteiger partial charge in [-0.2, -0.15) is 0 Å². The first-order chi connectivity index (χ1) is 19.1. The number of esters is 1. The van der Waals surface area contributed by atoms with Gasteiger partial charge in [0.25, 0.3) is 0 Å². The molecule has 1 N–H and O–H groups in total. The second-order valence-corrected chi connectivity index (χ2v) is 11.5. The van der Waals surface area contributed by atoms with Crippen LogP contribution in [0.15, 0.2) is 30.5 Å². The van der Waals surface area contributed by atoms with Crippen molar-refractivity contribution in [2.24, 2.45) is 5.41 Å². The molecule has 1 aromatic carbocycles. The SMILES string of the molecule is COC(=O)C1C[C@@H]2CN1C(=O)[C@H](C(C)(C)C)NC(=O)OCCCCC=COCc1ccc3c(c1)CN(C3)C(=O)O2. The molecule has 3 atom stereocenters. The van der Waals surface area contributed by atoms with E-state index in [1.54, 1.807) is 11.2 Å². The zero-order valence-electron chi connectivity index (χ0n) is 23.6. The molecule has 1 fully saturated rings. The highest BCUT2D eigenvalue weighted by molar-refractivity contribution is 5.91. The molecular weight excluding hydrogens is 518 g/mol. The van der Waals surface area contributed by atoms with Crippen molar-refractivity contribution in [2.45, 2.75) is 84.3 Å². The summed E-state index contributed by atoms with van der Waals surface area (Å²) in [5, 5.41) is 2.69. The van der Waals surface area contributed by atoms with Crippen LogP contribution in [0, 0.1) is 5.41 Å². The number of alkyl carbamates (subject to hydrolysis) is 1. The molecule has 0 aliphatic carbocycles. The fraction of sp³-hybridized carbons (Fsp3) is 0.586. The van der Waals surface area contributed by atoms with Crippen LogP contribution in [0.5, 0.6) is 0 Å². The van der Waals surface area contributed by atoms with E-state index >= 15 is 0 Å². The predicted octanol–water partition coefficient (Wildman–Crippen LogP) is 3.64.